The lowest BCUT2D eigenvalue weighted by Crippen LogP contribution is -2.20. The molecular weight excluding hydrogens is 520 g/mol. The molecule has 3 aromatic carbocycles. The highest BCUT2D eigenvalue weighted by atomic mass is 79.9. The Bertz CT molecular complexity index is 1250. The number of non-ortho nitro benzene ring substituents is 1. The topological polar surface area (TPSA) is 132 Å². The Labute approximate surface area is 209 Å². The first-order valence-electron chi connectivity index (χ1n) is 10.4. The van der Waals surface area contributed by atoms with Gasteiger partial charge in [-0.3, -0.25) is 19.7 Å². The van der Waals surface area contributed by atoms with Crippen molar-refractivity contribution in [2.24, 2.45) is 5.10 Å². The monoisotopic (exact) mass is 540 g/mol. The van der Waals surface area contributed by atoms with Gasteiger partial charge in [-0.05, 0) is 58.7 Å². The average Bonchev–Trinajstić information content (AvgIpc) is 2.84. The molecule has 35 heavy (non-hydrogen) atoms. The number of hydrogen-bond donors (Lipinski definition) is 2. The molecule has 0 radical (unpaired) electrons. The van der Waals surface area contributed by atoms with Crippen LogP contribution in [0.15, 0.2) is 76.3 Å². The summed E-state index contributed by atoms with van der Waals surface area (Å²) in [6, 6.07) is 17.6. The Morgan fingerprint density at radius 3 is 2.57 bits per heavy atom. The molecule has 0 bridgehead atoms. The number of carbonyl (C=O) groups excluding carboxylic acids is 2. The minimum absolute atomic E-state index is 0.102. The van der Waals surface area contributed by atoms with Crippen LogP contribution in [0.2, 0.25) is 0 Å². The average molecular weight is 541 g/mol. The molecule has 0 spiro atoms. The number of amides is 2. The van der Waals surface area contributed by atoms with Gasteiger partial charge in [-0.1, -0.05) is 24.3 Å². The second-order valence-corrected chi connectivity index (χ2v) is 7.83. The largest absolute Gasteiger partial charge is 0.490 e. The van der Waals surface area contributed by atoms with Crippen molar-refractivity contribution < 1.29 is 24.0 Å². The molecule has 3 aromatic rings. The molecule has 2 N–H and O–H groups in total. The van der Waals surface area contributed by atoms with E-state index in [4.69, 9.17) is 9.47 Å². The molecule has 0 aliphatic heterocycles. The second kappa shape index (κ2) is 12.3. The van der Waals surface area contributed by atoms with Gasteiger partial charge in [0.1, 0.15) is 0 Å². The van der Waals surface area contributed by atoms with Crippen LogP contribution >= 0.6 is 15.9 Å². The Morgan fingerprint density at radius 1 is 1.09 bits per heavy atom. The van der Waals surface area contributed by atoms with Crippen LogP contribution in [0.4, 0.5) is 11.4 Å². The highest BCUT2D eigenvalue weighted by molar-refractivity contribution is 9.10. The summed E-state index contributed by atoms with van der Waals surface area (Å²) in [4.78, 5) is 34.8. The van der Waals surface area contributed by atoms with Crippen molar-refractivity contribution in [3.63, 3.8) is 0 Å². The van der Waals surface area contributed by atoms with Crippen molar-refractivity contribution in [2.75, 3.05) is 18.5 Å². The SMILES string of the molecule is CCOc1cc(/C=N/NC(=O)c2cccc([N+](=O)[O-])c2)cc(Br)c1OCC(=O)Nc1ccccc1. The van der Waals surface area contributed by atoms with E-state index in [0.29, 0.717) is 33.8 Å². The standard InChI is InChI=1S/C24H21BrN4O6/c1-2-34-21-12-16(14-26-28-24(31)17-7-6-10-19(13-17)29(32)33)11-20(25)23(21)35-15-22(30)27-18-8-4-3-5-9-18/h3-14H,2,15H2,1H3,(H,27,30)(H,28,31)/b26-14+. The van der Waals surface area contributed by atoms with Crippen LogP contribution in [0.1, 0.15) is 22.8 Å². The van der Waals surface area contributed by atoms with Crippen LogP contribution in [0.3, 0.4) is 0 Å². The predicted octanol–water partition coefficient (Wildman–Crippen LogP) is 4.54. The van der Waals surface area contributed by atoms with Gasteiger partial charge in [0.25, 0.3) is 17.5 Å². The van der Waals surface area contributed by atoms with E-state index >= 15 is 0 Å². The first-order chi connectivity index (χ1) is 16.9. The van der Waals surface area contributed by atoms with Gasteiger partial charge in [-0.25, -0.2) is 5.43 Å². The molecular formula is C24H21BrN4O6. The van der Waals surface area contributed by atoms with Crippen molar-refractivity contribution in [1.82, 2.24) is 5.43 Å². The minimum atomic E-state index is -0.599. The highest BCUT2D eigenvalue weighted by Gasteiger charge is 2.14. The molecule has 0 heterocycles. The van der Waals surface area contributed by atoms with Gasteiger partial charge in [-0.2, -0.15) is 5.10 Å². The molecule has 0 saturated carbocycles. The summed E-state index contributed by atoms with van der Waals surface area (Å²) in [5.41, 5.74) is 3.46. The maximum Gasteiger partial charge on any atom is 0.271 e. The van der Waals surface area contributed by atoms with Gasteiger partial charge in [0, 0.05) is 23.4 Å². The van der Waals surface area contributed by atoms with E-state index in [2.05, 4.69) is 31.8 Å². The zero-order valence-electron chi connectivity index (χ0n) is 18.6. The Kier molecular flexibility index (Phi) is 8.90. The van der Waals surface area contributed by atoms with E-state index < -0.39 is 10.8 Å². The second-order valence-electron chi connectivity index (χ2n) is 6.97. The molecule has 180 valence electrons. The first kappa shape index (κ1) is 25.4. The number of carbonyl (C=O) groups is 2. The number of para-hydroxylation sites is 1. The van der Waals surface area contributed by atoms with Crippen LogP contribution in [0, 0.1) is 10.1 Å². The summed E-state index contributed by atoms with van der Waals surface area (Å²) in [7, 11) is 0. The number of nitrogens with one attached hydrogen (secondary N) is 2. The number of anilines is 1. The van der Waals surface area contributed by atoms with Crippen molar-refractivity contribution in [3.05, 3.63) is 92.4 Å². The van der Waals surface area contributed by atoms with Gasteiger partial charge in [-0.15, -0.1) is 0 Å². The molecule has 0 unspecified atom stereocenters. The number of rotatable bonds is 10. The molecule has 0 aromatic heterocycles. The van der Waals surface area contributed by atoms with Crippen LogP contribution in [-0.4, -0.2) is 36.2 Å². The number of nitro benzene ring substituents is 1. The third-order valence-corrected chi connectivity index (χ3v) is 5.02. The van der Waals surface area contributed by atoms with Gasteiger partial charge in [0.05, 0.1) is 22.2 Å². The Hall–Kier alpha value is -4.25. The van der Waals surface area contributed by atoms with E-state index in [-0.39, 0.29) is 23.8 Å². The number of nitro groups is 1. The Morgan fingerprint density at radius 2 is 1.86 bits per heavy atom. The van der Waals surface area contributed by atoms with Crippen LogP contribution in [0.25, 0.3) is 0 Å². The molecule has 3 rings (SSSR count). The van der Waals surface area contributed by atoms with E-state index in [0.717, 1.165) is 6.07 Å². The number of benzene rings is 3. The van der Waals surface area contributed by atoms with Crippen molar-refractivity contribution in [3.8, 4) is 11.5 Å². The molecule has 0 aliphatic rings. The molecule has 0 atom stereocenters. The molecule has 0 fully saturated rings. The smallest absolute Gasteiger partial charge is 0.271 e. The summed E-state index contributed by atoms with van der Waals surface area (Å²) in [5.74, 6) is -0.216. The fourth-order valence-corrected chi connectivity index (χ4v) is 3.49. The lowest BCUT2D eigenvalue weighted by atomic mass is 10.2. The zero-order chi connectivity index (χ0) is 25.2. The summed E-state index contributed by atoms with van der Waals surface area (Å²) in [6.45, 7) is 1.92. The third-order valence-electron chi connectivity index (χ3n) is 4.44. The van der Waals surface area contributed by atoms with Crippen LogP contribution in [-0.2, 0) is 4.79 Å². The lowest BCUT2D eigenvalue weighted by molar-refractivity contribution is -0.384. The highest BCUT2D eigenvalue weighted by Crippen LogP contribution is 2.36. The summed E-state index contributed by atoms with van der Waals surface area (Å²) < 4.78 is 11.8. The van der Waals surface area contributed by atoms with Gasteiger partial charge >= 0.3 is 0 Å². The number of nitrogens with zero attached hydrogens (tertiary/aromatic N) is 2. The molecule has 0 saturated heterocycles. The molecule has 2 amide bonds. The van der Waals surface area contributed by atoms with Crippen LogP contribution in [0.5, 0.6) is 11.5 Å². The van der Waals surface area contributed by atoms with E-state index in [1.54, 1.807) is 31.2 Å². The van der Waals surface area contributed by atoms with Gasteiger partial charge in [0.15, 0.2) is 18.1 Å². The quantitative estimate of drug-likeness (QED) is 0.220. The summed E-state index contributed by atoms with van der Waals surface area (Å²) in [5, 5.41) is 17.5. The fraction of sp³-hybridized carbons (Fsp3) is 0.125. The molecule has 0 aliphatic carbocycles. The van der Waals surface area contributed by atoms with Crippen molar-refractivity contribution in [2.45, 2.75) is 6.92 Å². The maximum atomic E-state index is 12.2. The summed E-state index contributed by atoms with van der Waals surface area (Å²) >= 11 is 3.41. The third kappa shape index (κ3) is 7.37. The Balaban J connectivity index is 1.67. The number of hydrazone groups is 1. The number of halogens is 1. The predicted molar refractivity (Wildman–Crippen MR) is 134 cm³/mol. The summed E-state index contributed by atoms with van der Waals surface area (Å²) in [6.07, 6.45) is 1.38. The van der Waals surface area contributed by atoms with E-state index in [9.17, 15) is 19.7 Å². The molecule has 11 heteroatoms. The minimum Gasteiger partial charge on any atom is -0.490 e. The van der Waals surface area contributed by atoms with E-state index in [1.165, 1.54) is 24.4 Å². The maximum absolute atomic E-state index is 12.2. The number of hydrogen-bond acceptors (Lipinski definition) is 7. The zero-order valence-corrected chi connectivity index (χ0v) is 20.2. The lowest BCUT2D eigenvalue weighted by Gasteiger charge is -2.14. The van der Waals surface area contributed by atoms with Crippen LogP contribution < -0.4 is 20.2 Å². The van der Waals surface area contributed by atoms with Gasteiger partial charge in [0.2, 0.25) is 0 Å². The normalized spacial score (nSPS) is 10.6. The first-order valence-corrected chi connectivity index (χ1v) is 11.2. The van der Waals surface area contributed by atoms with Crippen molar-refractivity contribution in [1.29, 1.82) is 0 Å². The molecule has 10 nitrogen and oxygen atoms in total. The van der Waals surface area contributed by atoms with Crippen molar-refractivity contribution >= 4 is 45.3 Å². The van der Waals surface area contributed by atoms with E-state index in [1.807, 2.05) is 18.2 Å². The fourth-order valence-electron chi connectivity index (χ4n) is 2.91. The van der Waals surface area contributed by atoms with Gasteiger partial charge < -0.3 is 14.8 Å². The number of ether oxygens (including phenoxy) is 2.